The third kappa shape index (κ3) is 6.53. The summed E-state index contributed by atoms with van der Waals surface area (Å²) >= 11 is 0. The third-order valence-corrected chi connectivity index (χ3v) is 16.3. The molecule has 0 atom stereocenters. The van der Waals surface area contributed by atoms with Gasteiger partial charge in [0, 0.05) is 27.8 Å². The lowest BCUT2D eigenvalue weighted by atomic mass is 9.41. The molecular weight excluding hydrogens is 837 g/mol. The Hall–Kier alpha value is -7.95. The zero-order chi connectivity index (χ0) is 45.5. The topological polar surface area (TPSA) is 41.9 Å². The molecular formula is C65H50N4. The summed E-state index contributed by atoms with van der Waals surface area (Å²) in [5, 5.41) is 2.27. The van der Waals surface area contributed by atoms with Gasteiger partial charge in [0.1, 0.15) is 0 Å². The van der Waals surface area contributed by atoms with Crippen LogP contribution in [-0.4, -0.2) is 15.0 Å². The highest BCUT2D eigenvalue weighted by Gasteiger charge is 2.61. The van der Waals surface area contributed by atoms with Crippen molar-refractivity contribution in [3.8, 4) is 67.5 Å². The molecule has 9 aromatic carbocycles. The van der Waals surface area contributed by atoms with E-state index >= 15 is 0 Å². The fraction of sp³-hybridized carbons (Fsp3) is 0.154. The molecule has 0 amide bonds. The number of anilines is 3. The number of fused-ring (bicyclic) bond motifs is 3. The number of aromatic nitrogens is 3. The normalized spacial score (nSPS) is 20.8. The molecule has 4 saturated carbocycles. The summed E-state index contributed by atoms with van der Waals surface area (Å²) in [6.07, 6.45) is 6.84. The van der Waals surface area contributed by atoms with Crippen LogP contribution >= 0.6 is 0 Å². The number of rotatable bonds is 7. The van der Waals surface area contributed by atoms with Crippen LogP contribution in [0.2, 0.25) is 0 Å². The molecule has 4 aliphatic carbocycles. The standard InChI is InChI=1S/C65H50N4/c1-4-15-46(16-5-1)54-32-33-57(56-24-11-10-23-55(54)56)64-67-62(47-17-6-2-7-18-47)66-63(68-64)50-20-14-19-48(40-50)44-27-29-45(30-28-44)49-31-34-61-59(41-49)65(51-36-42-35-43(38-51)39-52(65)37-42)58-25-12-13-26-60(58)69(61)53-21-8-3-9-22-53/h1-34,40-43,51-52H,35-39H2. The second-order valence-corrected chi connectivity index (χ2v) is 20.0. The molecule has 69 heavy (non-hydrogen) atoms. The van der Waals surface area contributed by atoms with Crippen LogP contribution in [0.5, 0.6) is 0 Å². The van der Waals surface area contributed by atoms with Crippen molar-refractivity contribution in [3.63, 3.8) is 0 Å². The minimum Gasteiger partial charge on any atom is -0.310 e. The zero-order valence-electron chi connectivity index (χ0n) is 38.4. The highest BCUT2D eigenvalue weighted by molar-refractivity contribution is 6.04. The largest absolute Gasteiger partial charge is 0.310 e. The van der Waals surface area contributed by atoms with E-state index in [-0.39, 0.29) is 5.41 Å². The minimum absolute atomic E-state index is 0.0228. The highest BCUT2D eigenvalue weighted by atomic mass is 15.2. The molecule has 2 heterocycles. The van der Waals surface area contributed by atoms with Crippen LogP contribution in [0.3, 0.4) is 0 Å². The average Bonchev–Trinajstić information content (AvgIpc) is 3.42. The van der Waals surface area contributed by atoms with Gasteiger partial charge in [-0.25, -0.2) is 15.0 Å². The Balaban J connectivity index is 0.845. The molecule has 4 bridgehead atoms. The Labute approximate surface area is 404 Å². The van der Waals surface area contributed by atoms with Crippen LogP contribution in [0.4, 0.5) is 17.1 Å². The lowest BCUT2D eigenvalue weighted by Crippen LogP contribution is -2.57. The molecule has 0 N–H and O–H groups in total. The van der Waals surface area contributed by atoms with E-state index < -0.39 is 0 Å². The average molecular weight is 887 g/mol. The summed E-state index contributed by atoms with van der Waals surface area (Å²) in [4.78, 5) is 18.1. The second-order valence-electron chi connectivity index (χ2n) is 20.0. The molecule has 15 rings (SSSR count). The molecule has 5 aliphatic rings. The minimum atomic E-state index is 0.0228. The molecule has 0 saturated heterocycles. The van der Waals surface area contributed by atoms with Gasteiger partial charge in [-0.1, -0.05) is 176 Å². The summed E-state index contributed by atoms with van der Waals surface area (Å²) in [7, 11) is 0. The van der Waals surface area contributed by atoms with E-state index in [9.17, 15) is 0 Å². The van der Waals surface area contributed by atoms with Gasteiger partial charge in [-0.2, -0.15) is 0 Å². The monoisotopic (exact) mass is 886 g/mol. The lowest BCUT2D eigenvalue weighted by Gasteiger charge is -2.64. The van der Waals surface area contributed by atoms with E-state index in [2.05, 4.69) is 205 Å². The van der Waals surface area contributed by atoms with Crippen molar-refractivity contribution in [2.24, 2.45) is 23.7 Å². The van der Waals surface area contributed by atoms with E-state index in [1.165, 1.54) is 82.5 Å². The highest BCUT2D eigenvalue weighted by Crippen LogP contribution is 2.69. The fourth-order valence-electron chi connectivity index (χ4n) is 13.6. The van der Waals surface area contributed by atoms with E-state index in [1.807, 2.05) is 18.2 Å². The molecule has 330 valence electrons. The molecule has 0 unspecified atom stereocenters. The Morgan fingerprint density at radius 3 is 1.52 bits per heavy atom. The predicted octanol–water partition coefficient (Wildman–Crippen LogP) is 16.6. The van der Waals surface area contributed by atoms with Crippen molar-refractivity contribution < 1.29 is 0 Å². The van der Waals surface area contributed by atoms with Crippen LogP contribution in [0.15, 0.2) is 218 Å². The Bertz CT molecular complexity index is 3540. The molecule has 4 heteroatoms. The first-order valence-electron chi connectivity index (χ1n) is 24.9. The fourth-order valence-corrected chi connectivity index (χ4v) is 13.6. The van der Waals surface area contributed by atoms with Gasteiger partial charge in [0.25, 0.3) is 0 Å². The Morgan fingerprint density at radius 2 is 0.826 bits per heavy atom. The number of para-hydroxylation sites is 2. The predicted molar refractivity (Wildman–Crippen MR) is 282 cm³/mol. The first kappa shape index (κ1) is 40.1. The van der Waals surface area contributed by atoms with Crippen LogP contribution in [0, 0.1) is 23.7 Å². The maximum absolute atomic E-state index is 5.25. The van der Waals surface area contributed by atoms with Crippen LogP contribution < -0.4 is 4.90 Å². The summed E-state index contributed by atoms with van der Waals surface area (Å²) in [5.74, 6) is 5.04. The van der Waals surface area contributed by atoms with Gasteiger partial charge in [-0.05, 0) is 154 Å². The van der Waals surface area contributed by atoms with Crippen molar-refractivity contribution in [2.45, 2.75) is 37.5 Å². The summed E-state index contributed by atoms with van der Waals surface area (Å²) in [5.41, 5.74) is 17.1. The first-order valence-corrected chi connectivity index (χ1v) is 24.9. The number of hydrogen-bond donors (Lipinski definition) is 0. The quantitative estimate of drug-likeness (QED) is 0.160. The molecule has 4 nitrogen and oxygen atoms in total. The zero-order valence-corrected chi connectivity index (χ0v) is 38.4. The van der Waals surface area contributed by atoms with E-state index in [4.69, 9.17) is 15.0 Å². The Morgan fingerprint density at radius 1 is 0.333 bits per heavy atom. The van der Waals surface area contributed by atoms with Gasteiger partial charge >= 0.3 is 0 Å². The molecule has 4 fully saturated rings. The number of benzene rings is 9. The van der Waals surface area contributed by atoms with Crippen molar-refractivity contribution in [2.75, 3.05) is 4.90 Å². The third-order valence-electron chi connectivity index (χ3n) is 16.3. The van der Waals surface area contributed by atoms with E-state index in [1.54, 1.807) is 0 Å². The summed E-state index contributed by atoms with van der Waals surface area (Å²) in [6.45, 7) is 0. The summed E-state index contributed by atoms with van der Waals surface area (Å²) < 4.78 is 0. The van der Waals surface area contributed by atoms with Crippen molar-refractivity contribution in [3.05, 3.63) is 230 Å². The van der Waals surface area contributed by atoms with Gasteiger partial charge in [-0.15, -0.1) is 0 Å². The van der Waals surface area contributed by atoms with Crippen LogP contribution in [-0.2, 0) is 5.41 Å². The van der Waals surface area contributed by atoms with Gasteiger partial charge in [-0.3, -0.25) is 0 Å². The van der Waals surface area contributed by atoms with Crippen molar-refractivity contribution in [1.82, 2.24) is 15.0 Å². The second kappa shape index (κ2) is 16.1. The maximum Gasteiger partial charge on any atom is 0.164 e. The van der Waals surface area contributed by atoms with E-state index in [0.717, 1.165) is 50.4 Å². The molecule has 1 aromatic heterocycles. The SMILES string of the molecule is c1ccc(-c2nc(-c3cccc(-c4ccc(-c5ccc6c(c5)C5(c7ccccc7N6c6ccccc6)C6CC7CC(C6)CC5C7)cc4)c3)nc(-c3ccc(-c4ccccc4)c4ccccc34)n2)cc1. The lowest BCUT2D eigenvalue weighted by molar-refractivity contribution is -0.0419. The summed E-state index contributed by atoms with van der Waals surface area (Å²) in [6, 6.07) is 79.5. The van der Waals surface area contributed by atoms with Gasteiger partial charge in [0.05, 0.1) is 11.4 Å². The molecule has 1 aliphatic heterocycles. The van der Waals surface area contributed by atoms with Crippen molar-refractivity contribution >= 4 is 27.8 Å². The van der Waals surface area contributed by atoms with E-state index in [0.29, 0.717) is 29.3 Å². The van der Waals surface area contributed by atoms with Crippen molar-refractivity contribution in [1.29, 1.82) is 0 Å². The van der Waals surface area contributed by atoms with Crippen LogP contribution in [0.1, 0.15) is 43.2 Å². The van der Waals surface area contributed by atoms with Gasteiger partial charge in [0.2, 0.25) is 0 Å². The molecule has 1 spiro atoms. The van der Waals surface area contributed by atoms with Gasteiger partial charge < -0.3 is 4.90 Å². The Kier molecular flexibility index (Phi) is 9.37. The smallest absolute Gasteiger partial charge is 0.164 e. The number of nitrogens with zero attached hydrogens (tertiary/aromatic N) is 4. The molecule has 10 aromatic rings. The maximum atomic E-state index is 5.25. The van der Waals surface area contributed by atoms with Crippen LogP contribution in [0.25, 0.3) is 78.3 Å². The van der Waals surface area contributed by atoms with Gasteiger partial charge in [0.15, 0.2) is 17.5 Å². The molecule has 0 radical (unpaired) electrons. The number of hydrogen-bond acceptors (Lipinski definition) is 4. The first-order chi connectivity index (χ1) is 34.2.